The van der Waals surface area contributed by atoms with Crippen molar-refractivity contribution in [2.24, 2.45) is 0 Å². The van der Waals surface area contributed by atoms with Crippen molar-refractivity contribution < 1.29 is 8.42 Å². The zero-order valence-electron chi connectivity index (χ0n) is 12.1. The molecule has 0 unspecified atom stereocenters. The van der Waals surface area contributed by atoms with Gasteiger partial charge in [-0.25, -0.2) is 13.1 Å². The molecule has 2 rings (SSSR count). The van der Waals surface area contributed by atoms with Crippen molar-refractivity contribution in [2.75, 3.05) is 12.4 Å². The lowest BCUT2D eigenvalue weighted by Gasteiger charge is -2.10. The van der Waals surface area contributed by atoms with Crippen molar-refractivity contribution in [3.05, 3.63) is 53.9 Å². The molecular weight excluding hydrogens is 286 g/mol. The van der Waals surface area contributed by atoms with Gasteiger partial charge in [0, 0.05) is 26.0 Å². The van der Waals surface area contributed by atoms with Crippen LogP contribution >= 0.6 is 0 Å². The van der Waals surface area contributed by atoms with Crippen LogP contribution in [0, 0.1) is 0 Å². The summed E-state index contributed by atoms with van der Waals surface area (Å²) in [6.07, 6.45) is 3.86. The van der Waals surface area contributed by atoms with Crippen LogP contribution in [0.3, 0.4) is 0 Å². The fourth-order valence-electron chi connectivity index (χ4n) is 1.95. The lowest BCUT2D eigenvalue weighted by molar-refractivity contribution is 0.581. The van der Waals surface area contributed by atoms with Crippen LogP contribution in [0.25, 0.3) is 0 Å². The average molecular weight is 305 g/mol. The summed E-state index contributed by atoms with van der Waals surface area (Å²) < 4.78 is 27.2. The molecule has 0 saturated heterocycles. The van der Waals surface area contributed by atoms with Crippen molar-refractivity contribution in [3.63, 3.8) is 0 Å². The molecule has 1 aromatic heterocycles. The molecule has 0 bridgehead atoms. The van der Waals surface area contributed by atoms with Gasteiger partial charge >= 0.3 is 0 Å². The van der Waals surface area contributed by atoms with Gasteiger partial charge in [0.2, 0.25) is 10.0 Å². The summed E-state index contributed by atoms with van der Waals surface area (Å²) in [5.74, 6) is 0. The molecule has 21 heavy (non-hydrogen) atoms. The molecule has 5 nitrogen and oxygen atoms in total. The van der Waals surface area contributed by atoms with Gasteiger partial charge in [-0.1, -0.05) is 31.2 Å². The van der Waals surface area contributed by atoms with Crippen molar-refractivity contribution >= 4 is 15.7 Å². The minimum absolute atomic E-state index is 0.151. The zero-order valence-corrected chi connectivity index (χ0v) is 12.9. The van der Waals surface area contributed by atoms with Crippen molar-refractivity contribution in [1.82, 2.24) is 9.71 Å². The van der Waals surface area contributed by atoms with Gasteiger partial charge in [-0.3, -0.25) is 4.98 Å². The third kappa shape index (κ3) is 3.80. The van der Waals surface area contributed by atoms with Crippen LogP contribution in [-0.2, 0) is 23.0 Å². The number of pyridine rings is 1. The Bertz CT molecular complexity index is 697. The van der Waals surface area contributed by atoms with Gasteiger partial charge in [-0.2, -0.15) is 0 Å². The number of benzene rings is 1. The predicted molar refractivity (Wildman–Crippen MR) is 83.6 cm³/mol. The second-order valence-corrected chi connectivity index (χ2v) is 6.35. The van der Waals surface area contributed by atoms with Gasteiger partial charge in [0.25, 0.3) is 0 Å². The molecule has 0 aliphatic rings. The number of sulfonamides is 1. The van der Waals surface area contributed by atoms with Crippen molar-refractivity contribution in [1.29, 1.82) is 0 Å². The minimum Gasteiger partial charge on any atom is -0.387 e. The highest BCUT2D eigenvalue weighted by Crippen LogP contribution is 2.18. The molecular formula is C15H19N3O2S. The molecule has 0 aliphatic heterocycles. The van der Waals surface area contributed by atoms with Gasteiger partial charge in [-0.05, 0) is 23.6 Å². The van der Waals surface area contributed by atoms with Crippen molar-refractivity contribution in [2.45, 2.75) is 24.8 Å². The number of hydrogen-bond acceptors (Lipinski definition) is 4. The smallest absolute Gasteiger partial charge is 0.244 e. The Morgan fingerprint density at radius 2 is 1.76 bits per heavy atom. The van der Waals surface area contributed by atoms with E-state index in [9.17, 15) is 8.42 Å². The van der Waals surface area contributed by atoms with E-state index < -0.39 is 10.0 Å². The molecule has 0 spiro atoms. The van der Waals surface area contributed by atoms with E-state index in [0.717, 1.165) is 12.0 Å². The largest absolute Gasteiger partial charge is 0.387 e. The second kappa shape index (κ2) is 6.69. The molecule has 0 fully saturated rings. The van der Waals surface area contributed by atoms with E-state index in [1.54, 1.807) is 19.3 Å². The fourth-order valence-corrected chi connectivity index (χ4v) is 3.12. The molecule has 112 valence electrons. The van der Waals surface area contributed by atoms with Crippen LogP contribution in [0.5, 0.6) is 0 Å². The van der Waals surface area contributed by atoms with Crippen molar-refractivity contribution in [3.8, 4) is 0 Å². The highest BCUT2D eigenvalue weighted by molar-refractivity contribution is 7.89. The summed E-state index contributed by atoms with van der Waals surface area (Å²) in [5, 5.41) is 2.86. The highest BCUT2D eigenvalue weighted by atomic mass is 32.2. The molecule has 2 N–H and O–H groups in total. The number of anilines is 1. The van der Waals surface area contributed by atoms with E-state index in [0.29, 0.717) is 5.69 Å². The zero-order chi connectivity index (χ0) is 15.3. The summed E-state index contributed by atoms with van der Waals surface area (Å²) in [4.78, 5) is 4.03. The molecule has 0 atom stereocenters. The third-order valence-electron chi connectivity index (χ3n) is 3.24. The lowest BCUT2D eigenvalue weighted by Crippen LogP contribution is -2.24. The van der Waals surface area contributed by atoms with Crippen LogP contribution in [-0.4, -0.2) is 20.4 Å². The average Bonchev–Trinajstić information content (AvgIpc) is 2.53. The van der Waals surface area contributed by atoms with Gasteiger partial charge < -0.3 is 5.32 Å². The van der Waals surface area contributed by atoms with Crippen LogP contribution in [0.15, 0.2) is 47.6 Å². The number of aryl methyl sites for hydroxylation is 1. The van der Waals surface area contributed by atoms with Gasteiger partial charge in [0.15, 0.2) is 0 Å². The normalized spacial score (nSPS) is 11.3. The molecule has 0 saturated carbocycles. The Morgan fingerprint density at radius 1 is 1.10 bits per heavy atom. The van der Waals surface area contributed by atoms with Crippen LogP contribution in [0.4, 0.5) is 5.69 Å². The number of rotatable bonds is 6. The second-order valence-electron chi connectivity index (χ2n) is 4.62. The first-order valence-electron chi connectivity index (χ1n) is 6.76. The minimum atomic E-state index is -3.59. The van der Waals surface area contributed by atoms with Gasteiger partial charge in [0.1, 0.15) is 4.90 Å². The number of nitrogens with zero attached hydrogens (tertiary/aromatic N) is 1. The maximum Gasteiger partial charge on any atom is 0.244 e. The summed E-state index contributed by atoms with van der Waals surface area (Å²) in [5.41, 5.74) is 2.68. The summed E-state index contributed by atoms with van der Waals surface area (Å²) in [6, 6.07) is 9.51. The first-order chi connectivity index (χ1) is 10.1. The number of aromatic nitrogens is 1. The Labute approximate surface area is 125 Å². The van der Waals surface area contributed by atoms with E-state index in [-0.39, 0.29) is 11.4 Å². The standard InChI is InChI=1S/C15H19N3O2S/c1-3-12-4-6-13(7-5-12)10-18-21(19,20)15-11-17-9-8-14(15)16-2/h4-9,11,18H,3,10H2,1-2H3,(H,16,17). The Morgan fingerprint density at radius 3 is 2.38 bits per heavy atom. The lowest BCUT2D eigenvalue weighted by atomic mass is 10.1. The maximum absolute atomic E-state index is 12.3. The van der Waals surface area contributed by atoms with Crippen LogP contribution < -0.4 is 10.0 Å². The Kier molecular flexibility index (Phi) is 4.93. The van der Waals surface area contributed by atoms with E-state index in [1.165, 1.54) is 11.8 Å². The molecule has 1 aromatic carbocycles. The monoisotopic (exact) mass is 305 g/mol. The first-order valence-corrected chi connectivity index (χ1v) is 8.24. The molecule has 2 aromatic rings. The number of hydrogen-bond donors (Lipinski definition) is 2. The predicted octanol–water partition coefficient (Wildman–Crippen LogP) is 2.16. The molecule has 0 aliphatic carbocycles. The van der Waals surface area contributed by atoms with E-state index in [1.807, 2.05) is 24.3 Å². The molecule has 6 heteroatoms. The summed E-state index contributed by atoms with van der Waals surface area (Å²) >= 11 is 0. The summed E-state index contributed by atoms with van der Waals surface area (Å²) in [7, 11) is -1.91. The van der Waals surface area contributed by atoms with Crippen LogP contribution in [0.2, 0.25) is 0 Å². The highest BCUT2D eigenvalue weighted by Gasteiger charge is 2.17. The molecule has 1 heterocycles. The Hall–Kier alpha value is -1.92. The first kappa shape index (κ1) is 15.5. The SMILES string of the molecule is CCc1ccc(CNS(=O)(=O)c2cnccc2NC)cc1. The number of nitrogens with one attached hydrogen (secondary N) is 2. The van der Waals surface area contributed by atoms with Crippen LogP contribution in [0.1, 0.15) is 18.1 Å². The van der Waals surface area contributed by atoms with Gasteiger partial charge in [0.05, 0.1) is 5.69 Å². The summed E-state index contributed by atoms with van der Waals surface area (Å²) in [6.45, 7) is 2.34. The topological polar surface area (TPSA) is 71.1 Å². The maximum atomic E-state index is 12.3. The van der Waals surface area contributed by atoms with E-state index >= 15 is 0 Å². The van der Waals surface area contributed by atoms with E-state index in [2.05, 4.69) is 21.9 Å². The van der Waals surface area contributed by atoms with Gasteiger partial charge in [-0.15, -0.1) is 0 Å². The third-order valence-corrected chi connectivity index (χ3v) is 4.67. The molecule has 0 radical (unpaired) electrons. The molecule has 0 amide bonds. The van der Waals surface area contributed by atoms with E-state index in [4.69, 9.17) is 0 Å². The quantitative estimate of drug-likeness (QED) is 0.858. The Balaban J connectivity index is 2.13. The fraction of sp³-hybridized carbons (Fsp3) is 0.267.